The summed E-state index contributed by atoms with van der Waals surface area (Å²) in [6.45, 7) is 9.36. The van der Waals surface area contributed by atoms with Gasteiger partial charge in [-0.2, -0.15) is 0 Å². The van der Waals surface area contributed by atoms with E-state index in [9.17, 15) is 0 Å². The molecule has 0 spiro atoms. The van der Waals surface area contributed by atoms with Crippen molar-refractivity contribution in [2.45, 2.75) is 52.5 Å². The molecule has 1 rings (SSSR count). The summed E-state index contributed by atoms with van der Waals surface area (Å²) in [5.41, 5.74) is 0. The van der Waals surface area contributed by atoms with Crippen molar-refractivity contribution >= 4 is 0 Å². The Balaban J connectivity index is 2.34. The van der Waals surface area contributed by atoms with E-state index in [1.165, 1.54) is 38.8 Å². The first-order valence-corrected chi connectivity index (χ1v) is 5.55. The van der Waals surface area contributed by atoms with E-state index < -0.39 is 0 Å². The Morgan fingerprint density at radius 2 is 1.75 bits per heavy atom. The standard InChI is InChI=1S/C11H23N/c1-4-10-7-8-11(9-10)12(5-2)6-3/h10-11H,4-9H2,1-3H3. The lowest BCUT2D eigenvalue weighted by atomic mass is 10.1. The topological polar surface area (TPSA) is 3.24 Å². The highest BCUT2D eigenvalue weighted by Gasteiger charge is 2.26. The number of rotatable bonds is 4. The Hall–Kier alpha value is -0.0400. The summed E-state index contributed by atoms with van der Waals surface area (Å²) >= 11 is 0. The monoisotopic (exact) mass is 169 g/mol. The van der Waals surface area contributed by atoms with Gasteiger partial charge in [-0.1, -0.05) is 27.2 Å². The zero-order valence-corrected chi connectivity index (χ0v) is 8.84. The number of hydrogen-bond donors (Lipinski definition) is 0. The fraction of sp³-hybridized carbons (Fsp3) is 1.00. The molecule has 0 bridgehead atoms. The Morgan fingerprint density at radius 1 is 1.08 bits per heavy atom. The third kappa shape index (κ3) is 2.22. The van der Waals surface area contributed by atoms with Crippen molar-refractivity contribution in [1.82, 2.24) is 4.90 Å². The van der Waals surface area contributed by atoms with Crippen LogP contribution in [0.1, 0.15) is 46.5 Å². The Kier molecular flexibility index (Phi) is 4.07. The van der Waals surface area contributed by atoms with Crippen LogP contribution in [0, 0.1) is 5.92 Å². The summed E-state index contributed by atoms with van der Waals surface area (Å²) in [6.07, 6.45) is 5.76. The van der Waals surface area contributed by atoms with Gasteiger partial charge in [0.25, 0.3) is 0 Å². The number of nitrogens with zero attached hydrogens (tertiary/aromatic N) is 1. The molecular weight excluding hydrogens is 146 g/mol. The van der Waals surface area contributed by atoms with Crippen molar-refractivity contribution in [2.75, 3.05) is 13.1 Å². The molecule has 12 heavy (non-hydrogen) atoms. The van der Waals surface area contributed by atoms with Crippen LogP contribution < -0.4 is 0 Å². The van der Waals surface area contributed by atoms with Crippen molar-refractivity contribution < 1.29 is 0 Å². The van der Waals surface area contributed by atoms with Gasteiger partial charge >= 0.3 is 0 Å². The molecule has 0 aromatic carbocycles. The lowest BCUT2D eigenvalue weighted by Gasteiger charge is -2.25. The summed E-state index contributed by atoms with van der Waals surface area (Å²) in [5, 5.41) is 0. The van der Waals surface area contributed by atoms with Crippen LogP contribution in [0.5, 0.6) is 0 Å². The fourth-order valence-electron chi connectivity index (χ4n) is 2.49. The predicted octanol–water partition coefficient (Wildman–Crippen LogP) is 2.91. The van der Waals surface area contributed by atoms with Crippen molar-refractivity contribution in [3.63, 3.8) is 0 Å². The quantitative estimate of drug-likeness (QED) is 0.625. The van der Waals surface area contributed by atoms with Gasteiger partial charge in [-0.15, -0.1) is 0 Å². The second kappa shape index (κ2) is 4.86. The maximum Gasteiger partial charge on any atom is 0.00977 e. The molecule has 2 unspecified atom stereocenters. The molecule has 0 heterocycles. The smallest absolute Gasteiger partial charge is 0.00977 e. The molecule has 0 radical (unpaired) electrons. The van der Waals surface area contributed by atoms with E-state index >= 15 is 0 Å². The molecule has 0 aromatic heterocycles. The molecule has 2 atom stereocenters. The molecule has 0 aromatic rings. The van der Waals surface area contributed by atoms with Crippen LogP contribution in [0.2, 0.25) is 0 Å². The van der Waals surface area contributed by atoms with Gasteiger partial charge in [-0.3, -0.25) is 0 Å². The molecule has 1 saturated carbocycles. The Bertz CT molecular complexity index is 118. The van der Waals surface area contributed by atoms with Crippen molar-refractivity contribution in [3.05, 3.63) is 0 Å². The van der Waals surface area contributed by atoms with Crippen LogP contribution in [0.3, 0.4) is 0 Å². The maximum absolute atomic E-state index is 2.62. The van der Waals surface area contributed by atoms with E-state index in [1.54, 1.807) is 0 Å². The largest absolute Gasteiger partial charge is 0.301 e. The molecule has 0 saturated heterocycles. The van der Waals surface area contributed by atoms with E-state index in [4.69, 9.17) is 0 Å². The van der Waals surface area contributed by atoms with Crippen LogP contribution in [-0.2, 0) is 0 Å². The summed E-state index contributed by atoms with van der Waals surface area (Å²) in [4.78, 5) is 2.62. The second-order valence-corrected chi connectivity index (χ2v) is 3.96. The van der Waals surface area contributed by atoms with Crippen LogP contribution in [0.4, 0.5) is 0 Å². The summed E-state index contributed by atoms with van der Waals surface area (Å²) in [6, 6.07) is 0.907. The van der Waals surface area contributed by atoms with E-state index in [-0.39, 0.29) is 0 Å². The third-order valence-electron chi connectivity index (χ3n) is 3.42. The molecule has 0 aliphatic heterocycles. The van der Waals surface area contributed by atoms with E-state index in [0.29, 0.717) is 0 Å². The van der Waals surface area contributed by atoms with Gasteiger partial charge in [0.05, 0.1) is 0 Å². The maximum atomic E-state index is 2.62. The van der Waals surface area contributed by atoms with Crippen molar-refractivity contribution in [3.8, 4) is 0 Å². The van der Waals surface area contributed by atoms with Gasteiger partial charge in [0.2, 0.25) is 0 Å². The van der Waals surface area contributed by atoms with Crippen LogP contribution >= 0.6 is 0 Å². The highest BCUT2D eigenvalue weighted by atomic mass is 15.1. The third-order valence-corrected chi connectivity index (χ3v) is 3.42. The van der Waals surface area contributed by atoms with Gasteiger partial charge < -0.3 is 4.90 Å². The summed E-state index contributed by atoms with van der Waals surface area (Å²) in [7, 11) is 0. The molecule has 0 amide bonds. The van der Waals surface area contributed by atoms with Gasteiger partial charge in [0.15, 0.2) is 0 Å². The number of hydrogen-bond acceptors (Lipinski definition) is 1. The first kappa shape index (κ1) is 10.0. The van der Waals surface area contributed by atoms with Gasteiger partial charge in [0.1, 0.15) is 0 Å². The minimum Gasteiger partial charge on any atom is -0.301 e. The molecule has 1 aliphatic carbocycles. The first-order chi connectivity index (χ1) is 5.81. The molecule has 1 heteroatoms. The van der Waals surface area contributed by atoms with E-state index in [1.807, 2.05) is 0 Å². The zero-order chi connectivity index (χ0) is 8.97. The van der Waals surface area contributed by atoms with Crippen LogP contribution in [0.25, 0.3) is 0 Å². The minimum atomic E-state index is 0.907. The summed E-state index contributed by atoms with van der Waals surface area (Å²) < 4.78 is 0. The van der Waals surface area contributed by atoms with Gasteiger partial charge in [-0.05, 0) is 38.3 Å². The molecule has 1 fully saturated rings. The highest BCUT2D eigenvalue weighted by Crippen LogP contribution is 2.30. The SMILES string of the molecule is CCC1CCC(N(CC)CC)C1. The van der Waals surface area contributed by atoms with Gasteiger partial charge in [0, 0.05) is 6.04 Å². The zero-order valence-electron chi connectivity index (χ0n) is 8.84. The summed E-state index contributed by atoms with van der Waals surface area (Å²) in [5.74, 6) is 1.02. The van der Waals surface area contributed by atoms with Crippen LogP contribution in [0.15, 0.2) is 0 Å². The Labute approximate surface area is 77.1 Å². The average molecular weight is 169 g/mol. The highest BCUT2D eigenvalue weighted by molar-refractivity contribution is 4.81. The van der Waals surface area contributed by atoms with Crippen molar-refractivity contribution in [2.24, 2.45) is 5.92 Å². The molecule has 0 N–H and O–H groups in total. The predicted molar refractivity (Wildman–Crippen MR) is 54.3 cm³/mol. The van der Waals surface area contributed by atoms with Crippen LogP contribution in [-0.4, -0.2) is 24.0 Å². The van der Waals surface area contributed by atoms with Crippen molar-refractivity contribution in [1.29, 1.82) is 0 Å². The normalized spacial score (nSPS) is 30.0. The average Bonchev–Trinajstić information content (AvgIpc) is 2.55. The van der Waals surface area contributed by atoms with E-state index in [2.05, 4.69) is 25.7 Å². The fourth-order valence-corrected chi connectivity index (χ4v) is 2.49. The lowest BCUT2D eigenvalue weighted by Crippen LogP contribution is -2.32. The molecule has 1 nitrogen and oxygen atoms in total. The first-order valence-electron chi connectivity index (χ1n) is 5.55. The molecule has 72 valence electrons. The van der Waals surface area contributed by atoms with E-state index in [0.717, 1.165) is 12.0 Å². The van der Waals surface area contributed by atoms with Gasteiger partial charge in [-0.25, -0.2) is 0 Å². The molecular formula is C11H23N. The lowest BCUT2D eigenvalue weighted by molar-refractivity contribution is 0.215. The Morgan fingerprint density at radius 3 is 2.17 bits per heavy atom. The molecule has 1 aliphatic rings. The minimum absolute atomic E-state index is 0.907. The second-order valence-electron chi connectivity index (χ2n) is 3.96.